The van der Waals surface area contributed by atoms with Crippen molar-refractivity contribution in [1.29, 1.82) is 0 Å². The number of rotatable bonds is 4. The van der Waals surface area contributed by atoms with Crippen molar-refractivity contribution < 1.29 is 4.79 Å². The number of aromatic nitrogens is 3. The highest BCUT2D eigenvalue weighted by Gasteiger charge is 2.08. The zero-order chi connectivity index (χ0) is 20.9. The SMILES string of the molecule is O=C(c1ccccc1)c1cccc(/C=c2/[nH]c(=O)/c(=C\c3ccccn3)[nH]c2=O)c1. The summed E-state index contributed by atoms with van der Waals surface area (Å²) in [5.41, 5.74) is 1.37. The van der Waals surface area contributed by atoms with Crippen LogP contribution in [0.1, 0.15) is 27.2 Å². The van der Waals surface area contributed by atoms with E-state index < -0.39 is 11.1 Å². The summed E-state index contributed by atoms with van der Waals surface area (Å²) in [5, 5.41) is 0.214. The molecule has 0 spiro atoms. The van der Waals surface area contributed by atoms with E-state index in [1.165, 1.54) is 12.2 Å². The lowest BCUT2D eigenvalue weighted by Crippen LogP contribution is -2.46. The van der Waals surface area contributed by atoms with Crippen molar-refractivity contribution in [3.05, 3.63) is 133 Å². The normalized spacial score (nSPS) is 12.1. The second-order valence-electron chi connectivity index (χ2n) is 6.60. The topological polar surface area (TPSA) is 95.7 Å². The van der Waals surface area contributed by atoms with Gasteiger partial charge in [0.1, 0.15) is 10.7 Å². The highest BCUT2D eigenvalue weighted by molar-refractivity contribution is 6.09. The molecule has 146 valence electrons. The average molecular weight is 395 g/mol. The summed E-state index contributed by atoms with van der Waals surface area (Å²) in [6, 6.07) is 21.1. The molecule has 30 heavy (non-hydrogen) atoms. The maximum Gasteiger partial charge on any atom is 0.272 e. The van der Waals surface area contributed by atoms with Gasteiger partial charge < -0.3 is 9.97 Å². The molecule has 6 heteroatoms. The maximum atomic E-state index is 12.6. The number of aromatic amines is 2. The van der Waals surface area contributed by atoms with E-state index in [1.54, 1.807) is 72.9 Å². The average Bonchev–Trinajstić information content (AvgIpc) is 2.78. The van der Waals surface area contributed by atoms with Gasteiger partial charge in [0.15, 0.2) is 5.78 Å². The molecule has 0 bridgehead atoms. The van der Waals surface area contributed by atoms with E-state index in [2.05, 4.69) is 15.0 Å². The number of benzene rings is 2. The monoisotopic (exact) mass is 395 g/mol. The Labute approximate surface area is 170 Å². The van der Waals surface area contributed by atoms with Gasteiger partial charge in [0.2, 0.25) is 0 Å². The zero-order valence-corrected chi connectivity index (χ0v) is 15.8. The van der Waals surface area contributed by atoms with Crippen molar-refractivity contribution in [3.8, 4) is 0 Å². The summed E-state index contributed by atoms with van der Waals surface area (Å²) >= 11 is 0. The molecule has 0 radical (unpaired) electrons. The fourth-order valence-corrected chi connectivity index (χ4v) is 3.00. The first-order valence-corrected chi connectivity index (χ1v) is 9.27. The second-order valence-corrected chi connectivity index (χ2v) is 6.60. The number of pyridine rings is 1. The van der Waals surface area contributed by atoms with E-state index >= 15 is 0 Å². The number of carbonyl (C=O) groups is 1. The van der Waals surface area contributed by atoms with Crippen molar-refractivity contribution in [2.45, 2.75) is 0 Å². The Kier molecular flexibility index (Phi) is 5.30. The molecule has 6 nitrogen and oxygen atoms in total. The molecular formula is C24H17N3O3. The number of hydrogen-bond acceptors (Lipinski definition) is 4. The van der Waals surface area contributed by atoms with E-state index in [0.29, 0.717) is 22.4 Å². The van der Waals surface area contributed by atoms with Gasteiger partial charge >= 0.3 is 0 Å². The van der Waals surface area contributed by atoms with Crippen LogP contribution in [0.25, 0.3) is 12.2 Å². The fraction of sp³-hybridized carbons (Fsp3) is 0. The van der Waals surface area contributed by atoms with Crippen LogP contribution in [0, 0.1) is 0 Å². The van der Waals surface area contributed by atoms with E-state index in [9.17, 15) is 14.4 Å². The minimum absolute atomic E-state index is 0.0995. The molecule has 2 aromatic heterocycles. The van der Waals surface area contributed by atoms with Crippen LogP contribution in [0.15, 0.2) is 88.6 Å². The maximum absolute atomic E-state index is 12.6. The molecule has 2 aromatic carbocycles. The molecule has 2 heterocycles. The summed E-state index contributed by atoms with van der Waals surface area (Å²) in [6.07, 6.45) is 4.64. The predicted octanol–water partition coefficient (Wildman–Crippen LogP) is 1.35. The van der Waals surface area contributed by atoms with Gasteiger partial charge in [0.25, 0.3) is 11.1 Å². The van der Waals surface area contributed by atoms with Crippen molar-refractivity contribution in [3.63, 3.8) is 0 Å². The smallest absolute Gasteiger partial charge is 0.272 e. The second kappa shape index (κ2) is 8.36. The van der Waals surface area contributed by atoms with Crippen LogP contribution in [0.2, 0.25) is 0 Å². The lowest BCUT2D eigenvalue weighted by Gasteiger charge is -2.02. The largest absolute Gasteiger partial charge is 0.316 e. The first kappa shape index (κ1) is 19.0. The highest BCUT2D eigenvalue weighted by Crippen LogP contribution is 2.12. The van der Waals surface area contributed by atoms with E-state index in [-0.39, 0.29) is 16.5 Å². The van der Waals surface area contributed by atoms with Crippen molar-refractivity contribution in [1.82, 2.24) is 15.0 Å². The van der Waals surface area contributed by atoms with Crippen molar-refractivity contribution in [2.24, 2.45) is 0 Å². The van der Waals surface area contributed by atoms with Crippen LogP contribution >= 0.6 is 0 Å². The number of carbonyl (C=O) groups excluding carboxylic acids is 1. The lowest BCUT2D eigenvalue weighted by molar-refractivity contribution is 0.103. The van der Waals surface area contributed by atoms with Gasteiger partial charge in [-0.3, -0.25) is 19.4 Å². The van der Waals surface area contributed by atoms with Gasteiger partial charge in [-0.2, -0.15) is 0 Å². The molecule has 0 unspecified atom stereocenters. The van der Waals surface area contributed by atoms with Crippen LogP contribution in [-0.2, 0) is 0 Å². The summed E-state index contributed by atoms with van der Waals surface area (Å²) in [6.45, 7) is 0. The van der Waals surface area contributed by atoms with Crippen LogP contribution in [0.5, 0.6) is 0 Å². The number of ketones is 1. The summed E-state index contributed by atoms with van der Waals surface area (Å²) in [7, 11) is 0. The van der Waals surface area contributed by atoms with Crippen molar-refractivity contribution in [2.75, 3.05) is 0 Å². The third-order valence-electron chi connectivity index (χ3n) is 4.46. The Balaban J connectivity index is 1.73. The molecular weight excluding hydrogens is 378 g/mol. The van der Waals surface area contributed by atoms with Gasteiger partial charge in [0, 0.05) is 17.3 Å². The molecule has 4 rings (SSSR count). The van der Waals surface area contributed by atoms with Gasteiger partial charge in [-0.05, 0) is 35.9 Å². The third kappa shape index (κ3) is 4.23. The number of nitrogens with zero attached hydrogens (tertiary/aromatic N) is 1. The molecule has 2 N–H and O–H groups in total. The molecule has 0 saturated carbocycles. The molecule has 0 saturated heterocycles. The van der Waals surface area contributed by atoms with E-state index in [4.69, 9.17) is 0 Å². The van der Waals surface area contributed by atoms with E-state index in [1.807, 2.05) is 6.07 Å². The van der Waals surface area contributed by atoms with Crippen LogP contribution in [-0.4, -0.2) is 20.7 Å². The molecule has 0 atom stereocenters. The standard InChI is InChI=1S/C24H17N3O3/c28-22(17-8-2-1-3-9-17)18-10-6-7-16(13-18)14-20-23(29)27-21(24(30)26-20)15-19-11-4-5-12-25-19/h1-15H,(H,26,30)(H,27,29)/b20-14+,21-15+. The summed E-state index contributed by atoms with van der Waals surface area (Å²) in [5.74, 6) is -0.117. The number of hydrogen-bond donors (Lipinski definition) is 2. The number of nitrogens with one attached hydrogen (secondary N) is 2. The Morgan fingerprint density at radius 1 is 0.733 bits per heavy atom. The minimum Gasteiger partial charge on any atom is -0.316 e. The Hall–Kier alpha value is -4.32. The Morgan fingerprint density at radius 3 is 2.10 bits per heavy atom. The van der Waals surface area contributed by atoms with Crippen LogP contribution < -0.4 is 21.8 Å². The molecule has 4 aromatic rings. The summed E-state index contributed by atoms with van der Waals surface area (Å²) < 4.78 is 0. The van der Waals surface area contributed by atoms with Crippen LogP contribution in [0.4, 0.5) is 0 Å². The fourth-order valence-electron chi connectivity index (χ4n) is 3.00. The predicted molar refractivity (Wildman–Crippen MR) is 115 cm³/mol. The first-order chi connectivity index (χ1) is 14.6. The first-order valence-electron chi connectivity index (χ1n) is 9.27. The van der Waals surface area contributed by atoms with E-state index in [0.717, 1.165) is 0 Å². The lowest BCUT2D eigenvalue weighted by atomic mass is 10.0. The molecule has 0 fully saturated rings. The number of H-pyrrole nitrogens is 2. The van der Waals surface area contributed by atoms with Crippen molar-refractivity contribution >= 4 is 17.9 Å². The van der Waals surface area contributed by atoms with Gasteiger partial charge in [-0.15, -0.1) is 0 Å². The molecule has 0 aliphatic heterocycles. The van der Waals surface area contributed by atoms with Gasteiger partial charge in [-0.25, -0.2) is 0 Å². The molecule has 0 amide bonds. The highest BCUT2D eigenvalue weighted by atomic mass is 16.1. The minimum atomic E-state index is -0.448. The van der Waals surface area contributed by atoms with Gasteiger partial charge in [-0.1, -0.05) is 54.6 Å². The third-order valence-corrected chi connectivity index (χ3v) is 4.46. The van der Waals surface area contributed by atoms with Crippen LogP contribution in [0.3, 0.4) is 0 Å². The quantitative estimate of drug-likeness (QED) is 0.510. The molecule has 0 aliphatic rings. The Morgan fingerprint density at radius 2 is 1.40 bits per heavy atom. The Bertz CT molecular complexity index is 1440. The zero-order valence-electron chi connectivity index (χ0n) is 15.8. The summed E-state index contributed by atoms with van der Waals surface area (Å²) in [4.78, 5) is 46.8. The van der Waals surface area contributed by atoms with Gasteiger partial charge in [0.05, 0.1) is 5.69 Å². The molecule has 0 aliphatic carbocycles.